The third kappa shape index (κ3) is 6.04. The first kappa shape index (κ1) is 19.7. The first-order valence-corrected chi connectivity index (χ1v) is 8.39. The molecule has 0 aromatic heterocycles. The van der Waals surface area contributed by atoms with Gasteiger partial charge in [-0.3, -0.25) is 9.59 Å². The average Bonchev–Trinajstić information content (AvgIpc) is 2.64. The highest BCUT2D eigenvalue weighted by atomic mass is 35.5. The van der Waals surface area contributed by atoms with Gasteiger partial charge in [0.25, 0.3) is 5.91 Å². The number of amides is 1. The van der Waals surface area contributed by atoms with Gasteiger partial charge in [0, 0.05) is 29.1 Å². The lowest BCUT2D eigenvalue weighted by molar-refractivity contribution is -0.145. The van der Waals surface area contributed by atoms with Gasteiger partial charge < -0.3 is 14.8 Å². The van der Waals surface area contributed by atoms with E-state index in [9.17, 15) is 14.0 Å². The predicted molar refractivity (Wildman–Crippen MR) is 95.8 cm³/mol. The smallest absolute Gasteiger partial charge is 0.306 e. The summed E-state index contributed by atoms with van der Waals surface area (Å²) >= 11 is 5.77. The minimum atomic E-state index is -0.433. The minimum absolute atomic E-state index is 0.0725. The van der Waals surface area contributed by atoms with Crippen LogP contribution in [0.15, 0.2) is 42.5 Å². The van der Waals surface area contributed by atoms with E-state index >= 15 is 0 Å². The molecular formula is C19H19ClFNO4. The van der Waals surface area contributed by atoms with Crippen molar-refractivity contribution in [3.63, 3.8) is 0 Å². The van der Waals surface area contributed by atoms with Crippen LogP contribution in [-0.4, -0.2) is 25.5 Å². The van der Waals surface area contributed by atoms with E-state index in [-0.39, 0.29) is 18.9 Å². The molecule has 1 N–H and O–H groups in total. The van der Waals surface area contributed by atoms with Crippen LogP contribution >= 0.6 is 11.6 Å². The van der Waals surface area contributed by atoms with E-state index in [0.717, 1.165) is 0 Å². The maximum absolute atomic E-state index is 13.3. The predicted octanol–water partition coefficient (Wildman–Crippen LogP) is 3.74. The molecular weight excluding hydrogens is 361 g/mol. The second kappa shape index (κ2) is 9.77. The van der Waals surface area contributed by atoms with Gasteiger partial charge in [0.15, 0.2) is 0 Å². The van der Waals surface area contributed by atoms with Crippen molar-refractivity contribution >= 4 is 23.5 Å². The molecule has 0 unspecified atom stereocenters. The van der Waals surface area contributed by atoms with Crippen LogP contribution in [0.3, 0.4) is 0 Å². The topological polar surface area (TPSA) is 64.6 Å². The molecule has 0 saturated heterocycles. The van der Waals surface area contributed by atoms with Gasteiger partial charge in [0.05, 0.1) is 7.11 Å². The van der Waals surface area contributed by atoms with E-state index in [2.05, 4.69) is 5.32 Å². The third-order valence-electron chi connectivity index (χ3n) is 3.58. The highest BCUT2D eigenvalue weighted by molar-refractivity contribution is 6.30. The lowest BCUT2D eigenvalue weighted by Gasteiger charge is -2.10. The number of rotatable bonds is 8. The standard InChI is InChI=1S/C19H19ClFNO4/c1-25-17-9-8-16(21)11-14(17)12-26-18(23)3-2-10-22-19(24)13-4-6-15(20)7-5-13/h4-9,11H,2-3,10,12H2,1H3,(H,22,24). The Hall–Kier alpha value is -2.60. The van der Waals surface area contributed by atoms with E-state index in [4.69, 9.17) is 21.1 Å². The molecule has 5 nitrogen and oxygen atoms in total. The largest absolute Gasteiger partial charge is 0.496 e. The van der Waals surface area contributed by atoms with Crippen LogP contribution in [0.2, 0.25) is 5.02 Å². The fourth-order valence-corrected chi connectivity index (χ4v) is 2.35. The molecule has 26 heavy (non-hydrogen) atoms. The molecule has 2 aromatic rings. The number of hydrogen-bond donors (Lipinski definition) is 1. The van der Waals surface area contributed by atoms with Crippen molar-refractivity contribution in [2.45, 2.75) is 19.4 Å². The van der Waals surface area contributed by atoms with Crippen molar-refractivity contribution in [3.8, 4) is 5.75 Å². The summed E-state index contributed by atoms with van der Waals surface area (Å²) in [7, 11) is 1.46. The van der Waals surface area contributed by atoms with Crippen LogP contribution in [-0.2, 0) is 16.1 Å². The van der Waals surface area contributed by atoms with Gasteiger partial charge in [-0.2, -0.15) is 0 Å². The van der Waals surface area contributed by atoms with E-state index < -0.39 is 11.8 Å². The zero-order chi connectivity index (χ0) is 18.9. The van der Waals surface area contributed by atoms with Crippen LogP contribution < -0.4 is 10.1 Å². The molecule has 0 aliphatic heterocycles. The molecule has 0 saturated carbocycles. The molecule has 0 fully saturated rings. The SMILES string of the molecule is COc1ccc(F)cc1COC(=O)CCCNC(=O)c1ccc(Cl)cc1. The molecule has 0 radical (unpaired) electrons. The molecule has 2 aromatic carbocycles. The van der Waals surface area contributed by atoms with Crippen LogP contribution in [0.5, 0.6) is 5.75 Å². The molecule has 0 bridgehead atoms. The Balaban J connectivity index is 1.70. The molecule has 0 heterocycles. The van der Waals surface area contributed by atoms with Gasteiger partial charge in [-0.05, 0) is 48.9 Å². The number of hydrogen-bond acceptors (Lipinski definition) is 4. The fourth-order valence-electron chi connectivity index (χ4n) is 2.23. The number of carbonyl (C=O) groups is 2. The van der Waals surface area contributed by atoms with Gasteiger partial charge in [-0.15, -0.1) is 0 Å². The lowest BCUT2D eigenvalue weighted by atomic mass is 10.2. The van der Waals surface area contributed by atoms with Crippen LogP contribution in [0.4, 0.5) is 4.39 Å². The van der Waals surface area contributed by atoms with Gasteiger partial charge in [0.2, 0.25) is 0 Å². The number of ether oxygens (including phenoxy) is 2. The van der Waals surface area contributed by atoms with Crippen molar-refractivity contribution in [1.29, 1.82) is 0 Å². The lowest BCUT2D eigenvalue weighted by Crippen LogP contribution is -2.25. The van der Waals surface area contributed by atoms with Crippen LogP contribution in [0, 0.1) is 5.82 Å². The minimum Gasteiger partial charge on any atom is -0.496 e. The highest BCUT2D eigenvalue weighted by Gasteiger charge is 2.09. The molecule has 1 amide bonds. The van der Waals surface area contributed by atoms with Crippen molar-refractivity contribution < 1.29 is 23.5 Å². The monoisotopic (exact) mass is 379 g/mol. The van der Waals surface area contributed by atoms with Gasteiger partial charge >= 0.3 is 5.97 Å². The summed E-state index contributed by atoms with van der Waals surface area (Å²) in [5.74, 6) is -0.646. The number of nitrogens with one attached hydrogen (secondary N) is 1. The van der Waals surface area contributed by atoms with Crippen molar-refractivity contribution in [3.05, 3.63) is 64.4 Å². The fraction of sp³-hybridized carbons (Fsp3) is 0.263. The first-order valence-electron chi connectivity index (χ1n) is 8.01. The summed E-state index contributed by atoms with van der Waals surface area (Å²) in [5.41, 5.74) is 0.951. The summed E-state index contributed by atoms with van der Waals surface area (Å²) in [6.07, 6.45) is 0.566. The third-order valence-corrected chi connectivity index (χ3v) is 3.83. The van der Waals surface area contributed by atoms with Gasteiger partial charge in [-0.1, -0.05) is 11.6 Å². The molecule has 2 rings (SSSR count). The Morgan fingerprint density at radius 1 is 1.15 bits per heavy atom. The second-order valence-electron chi connectivity index (χ2n) is 5.48. The van der Waals surface area contributed by atoms with E-state index in [0.29, 0.717) is 34.9 Å². The average molecular weight is 380 g/mol. The second-order valence-corrected chi connectivity index (χ2v) is 5.92. The van der Waals surface area contributed by atoms with Crippen molar-refractivity contribution in [1.82, 2.24) is 5.32 Å². The van der Waals surface area contributed by atoms with E-state index in [1.165, 1.54) is 25.3 Å². The highest BCUT2D eigenvalue weighted by Crippen LogP contribution is 2.20. The van der Waals surface area contributed by atoms with Gasteiger partial charge in [0.1, 0.15) is 18.2 Å². The van der Waals surface area contributed by atoms with Crippen LogP contribution in [0.1, 0.15) is 28.8 Å². The molecule has 138 valence electrons. The zero-order valence-corrected chi connectivity index (χ0v) is 15.0. The van der Waals surface area contributed by atoms with E-state index in [1.807, 2.05) is 0 Å². The van der Waals surface area contributed by atoms with Crippen LogP contribution in [0.25, 0.3) is 0 Å². The Bertz CT molecular complexity index is 765. The van der Waals surface area contributed by atoms with E-state index in [1.54, 1.807) is 24.3 Å². The molecule has 0 aliphatic carbocycles. The van der Waals surface area contributed by atoms with Crippen molar-refractivity contribution in [2.75, 3.05) is 13.7 Å². The summed E-state index contributed by atoms with van der Waals surface area (Å²) in [4.78, 5) is 23.7. The maximum atomic E-state index is 13.3. The quantitative estimate of drug-likeness (QED) is 0.560. The number of methoxy groups -OCH3 is 1. The number of benzene rings is 2. The zero-order valence-electron chi connectivity index (χ0n) is 14.3. The molecule has 0 atom stereocenters. The molecule has 7 heteroatoms. The summed E-state index contributed by atoms with van der Waals surface area (Å²) in [6, 6.07) is 10.5. The number of halogens is 2. The Labute approximate surface area is 156 Å². The van der Waals surface area contributed by atoms with Crippen molar-refractivity contribution in [2.24, 2.45) is 0 Å². The normalized spacial score (nSPS) is 10.3. The molecule has 0 aliphatic rings. The number of esters is 1. The Morgan fingerprint density at radius 2 is 1.88 bits per heavy atom. The molecule has 0 spiro atoms. The first-order chi connectivity index (χ1) is 12.5. The summed E-state index contributed by atoms with van der Waals surface area (Å²) in [5, 5.41) is 3.27. The number of carbonyl (C=O) groups excluding carboxylic acids is 2. The Morgan fingerprint density at radius 3 is 2.58 bits per heavy atom. The van der Waals surface area contributed by atoms with Gasteiger partial charge in [-0.25, -0.2) is 4.39 Å². The summed E-state index contributed by atoms with van der Waals surface area (Å²) < 4.78 is 23.5. The maximum Gasteiger partial charge on any atom is 0.306 e. The Kier molecular flexibility index (Phi) is 7.41. The summed E-state index contributed by atoms with van der Waals surface area (Å²) in [6.45, 7) is 0.261.